The third kappa shape index (κ3) is 72.1. The van der Waals surface area contributed by atoms with Crippen molar-refractivity contribution in [1.82, 2.24) is 16.0 Å². The minimum Gasteiger partial charge on any atom is -0.469 e. The first-order chi connectivity index (χ1) is 62.0. The van der Waals surface area contributed by atoms with Gasteiger partial charge < -0.3 is 108 Å². The summed E-state index contributed by atoms with van der Waals surface area (Å²) in [6.07, 6.45) is -2.13. The molecule has 0 saturated carbocycles. The number of thioether (sulfide) groups is 4. The summed E-state index contributed by atoms with van der Waals surface area (Å²) >= 11 is 5.20. The highest BCUT2D eigenvalue weighted by atomic mass is 32.2. The number of Topliss-reactive ketones (excluding diaryl/α,β-unsaturated/α-hetero) is 4. The number of hydrogen-bond donors (Lipinski definition) is 7. The number of aliphatic hydroxyl groups is 3. The van der Waals surface area contributed by atoms with Crippen molar-refractivity contribution in [1.29, 1.82) is 0 Å². The van der Waals surface area contributed by atoms with Crippen LogP contribution in [0, 0.1) is 23.7 Å². The van der Waals surface area contributed by atoms with Crippen LogP contribution in [0.3, 0.4) is 0 Å². The molecular formula is C89H154N4O36S4. The predicted molar refractivity (Wildman–Crippen MR) is 497 cm³/mol. The standard InChI is InChI=1S/C27H47NO10S.C24H43NO9S.C20H33NO9S.C18H31NO8S/c1-10-19(37-22(30)11-2)15-23(31)35-12-13-39-17-20(28-25(33)38-27(6,7)8)21(29)14-18(24(32)34-9)16-36-26(3,4)5;1-9-17(26)13-20(28)32-10-11-35-15-18(25-22(30)34-24(5,6)7)19(27)12-16(21(29)31-8)14-33-23(2,3)4;1-5-15(30-18(25)6-2)10-19(26)29-7-8-31-12-16(21-13(3)23)17(24)9-14(11-22)20(27)28-4;1-4-13(27-16(22)5-2)9-17(23)26-6-7-28-11-14(19)15(21)8-12(10-20)18(24)25-3/h18-20H,10-17H2,1-9H3,(H,28,33);16-18,26H,9-15H2,1-8H3,(H,25,30);14-16,22H,5-12H2,1-4H3,(H,21,23);12-14,20H,4-11,19H2,1-3H3/t18-,19+,20-;16-,17+,18-;14-,15+,16-;12-,13+,14-/m0000/s1. The van der Waals surface area contributed by atoms with Gasteiger partial charge in [-0.2, -0.15) is 47.0 Å². The molecule has 133 heavy (non-hydrogen) atoms. The molecule has 8 N–H and O–H groups in total. The fourth-order valence-electron chi connectivity index (χ4n) is 10.1. The Bertz CT molecular complexity index is 3490. The Labute approximate surface area is 800 Å². The van der Waals surface area contributed by atoms with Crippen LogP contribution in [0.5, 0.6) is 0 Å². The number of methoxy groups -OCH3 is 4. The van der Waals surface area contributed by atoms with Crippen molar-refractivity contribution < 1.29 is 173 Å². The SMILES string of the molecule is CCC(=O)O[C@H](CC)CC(=O)OCCSC[C@H](N)C(=O)C[C@@H](CO)C(=O)OC.CCC(=O)O[C@H](CC)CC(=O)OCCSC[C@H](NC(=O)OC(C)(C)C)C(=O)C[C@@H](COC(C)(C)C)C(=O)OC.CCC(=O)O[C@H](CC)CC(=O)OCCSC[C@H](NC(C)=O)C(=O)C[C@@H](CO)C(=O)OC.CC[C@@H](O)CC(=O)OCCSC[C@H](NC(=O)OC(C)(C)C)C(=O)C[C@@H](COC(C)(C)C)C(=O)OC. The quantitative estimate of drug-likeness (QED) is 0.0173. The maximum Gasteiger partial charge on any atom is 0.408 e. The maximum absolute atomic E-state index is 13.2. The van der Waals surface area contributed by atoms with Gasteiger partial charge in [-0.05, 0) is 109 Å². The largest absolute Gasteiger partial charge is 0.469 e. The molecule has 44 heteroatoms. The van der Waals surface area contributed by atoms with Gasteiger partial charge in [0, 0.05) is 97.9 Å². The molecule has 770 valence electrons. The van der Waals surface area contributed by atoms with Gasteiger partial charge in [-0.25, -0.2) is 9.59 Å². The summed E-state index contributed by atoms with van der Waals surface area (Å²) in [7, 11) is 4.82. The molecule has 0 heterocycles. The van der Waals surface area contributed by atoms with Crippen LogP contribution in [0.25, 0.3) is 0 Å². The van der Waals surface area contributed by atoms with E-state index < -0.39 is 180 Å². The van der Waals surface area contributed by atoms with E-state index in [0.29, 0.717) is 54.4 Å². The van der Waals surface area contributed by atoms with E-state index in [9.17, 15) is 96.5 Å². The van der Waals surface area contributed by atoms with Crippen LogP contribution in [-0.4, -0.2) is 321 Å². The van der Waals surface area contributed by atoms with Gasteiger partial charge in [0.2, 0.25) is 5.91 Å². The Morgan fingerprint density at radius 3 is 0.850 bits per heavy atom. The van der Waals surface area contributed by atoms with Gasteiger partial charge in [-0.1, -0.05) is 48.5 Å². The van der Waals surface area contributed by atoms with Crippen molar-refractivity contribution in [3.63, 3.8) is 0 Å². The Hall–Kier alpha value is -7.98. The molecule has 12 atom stereocenters. The summed E-state index contributed by atoms with van der Waals surface area (Å²) in [5.74, 6) is -8.69. The summed E-state index contributed by atoms with van der Waals surface area (Å²) in [5.41, 5.74) is 3.23. The molecule has 40 nitrogen and oxygen atoms in total. The average molecular weight is 1980 g/mol. The van der Waals surface area contributed by atoms with E-state index >= 15 is 0 Å². The van der Waals surface area contributed by atoms with E-state index in [2.05, 4.69) is 25.4 Å². The third-order valence-corrected chi connectivity index (χ3v) is 21.6. The molecule has 0 bridgehead atoms. The van der Waals surface area contributed by atoms with Crippen molar-refractivity contribution in [3.05, 3.63) is 0 Å². The number of rotatable bonds is 63. The van der Waals surface area contributed by atoms with Crippen LogP contribution >= 0.6 is 47.0 Å². The van der Waals surface area contributed by atoms with Gasteiger partial charge in [0.05, 0.1) is 146 Å². The highest BCUT2D eigenvalue weighted by Gasteiger charge is 2.35. The maximum atomic E-state index is 13.2. The van der Waals surface area contributed by atoms with Crippen molar-refractivity contribution in [2.75, 3.05) is 127 Å². The zero-order valence-electron chi connectivity index (χ0n) is 82.4. The number of ether oxygens (including phenoxy) is 15. The lowest BCUT2D eigenvalue weighted by Gasteiger charge is -2.25. The number of nitrogens with two attached hydrogens (primary N) is 1. The lowest BCUT2D eigenvalue weighted by molar-refractivity contribution is -0.156. The van der Waals surface area contributed by atoms with E-state index in [1.807, 2.05) is 55.4 Å². The molecule has 0 fully saturated rings. The van der Waals surface area contributed by atoms with Gasteiger partial charge in [0.25, 0.3) is 0 Å². The van der Waals surface area contributed by atoms with Gasteiger partial charge in [0.1, 0.15) is 55.9 Å². The number of aliphatic hydroxyl groups excluding tert-OH is 3. The van der Waals surface area contributed by atoms with E-state index in [1.165, 1.54) is 75.3 Å². The van der Waals surface area contributed by atoms with Crippen molar-refractivity contribution in [2.24, 2.45) is 29.4 Å². The first-order valence-corrected chi connectivity index (χ1v) is 48.8. The monoisotopic (exact) mass is 1980 g/mol. The fourth-order valence-corrected chi connectivity index (χ4v) is 13.5. The summed E-state index contributed by atoms with van der Waals surface area (Å²) in [4.78, 5) is 216. The number of amides is 3. The Kier molecular flexibility index (Phi) is 73.3. The van der Waals surface area contributed by atoms with E-state index in [1.54, 1.807) is 76.2 Å². The minimum absolute atomic E-state index is 0.000975. The highest BCUT2D eigenvalue weighted by Crippen LogP contribution is 2.22. The second kappa shape index (κ2) is 74.2. The summed E-state index contributed by atoms with van der Waals surface area (Å²) < 4.78 is 76.6. The summed E-state index contributed by atoms with van der Waals surface area (Å²) in [6.45, 7) is 34.1. The Morgan fingerprint density at radius 2 is 0.602 bits per heavy atom. The molecule has 0 unspecified atom stereocenters. The van der Waals surface area contributed by atoms with Gasteiger partial charge in [-0.3, -0.25) is 76.7 Å². The van der Waals surface area contributed by atoms with Crippen LogP contribution in [0.1, 0.15) is 235 Å². The number of esters is 11. The van der Waals surface area contributed by atoms with Crippen LogP contribution in [0.4, 0.5) is 9.59 Å². The van der Waals surface area contributed by atoms with Gasteiger partial charge in [-0.15, -0.1) is 0 Å². The van der Waals surface area contributed by atoms with Crippen LogP contribution < -0.4 is 21.7 Å². The Balaban J connectivity index is -0.000000840. The lowest BCUT2D eigenvalue weighted by atomic mass is 9.99. The van der Waals surface area contributed by atoms with Crippen LogP contribution in [0.2, 0.25) is 0 Å². The van der Waals surface area contributed by atoms with Crippen molar-refractivity contribution in [3.8, 4) is 0 Å². The Morgan fingerprint density at radius 1 is 0.338 bits per heavy atom. The number of carbonyl (C=O) groups is 18. The van der Waals surface area contributed by atoms with Crippen LogP contribution in [-0.2, 0) is 148 Å². The molecule has 0 aromatic heterocycles. The molecule has 0 saturated heterocycles. The van der Waals surface area contributed by atoms with Crippen molar-refractivity contribution in [2.45, 2.75) is 306 Å². The summed E-state index contributed by atoms with van der Waals surface area (Å²) in [5, 5.41) is 35.6. The zero-order valence-corrected chi connectivity index (χ0v) is 85.6. The molecule has 0 aliphatic rings. The first-order valence-electron chi connectivity index (χ1n) is 44.2. The van der Waals surface area contributed by atoms with Gasteiger partial charge >= 0.3 is 77.8 Å². The number of alkyl carbamates (subject to hydrolysis) is 2. The molecule has 0 aliphatic carbocycles. The molecular weight excluding hydrogens is 1830 g/mol. The predicted octanol–water partition coefficient (Wildman–Crippen LogP) is 7.80. The second-order valence-corrected chi connectivity index (χ2v) is 38.3. The number of ketones is 4. The number of hydrogen-bond acceptors (Lipinski definition) is 41. The van der Waals surface area contributed by atoms with Crippen LogP contribution in [0.15, 0.2) is 0 Å². The number of nitrogens with one attached hydrogen (secondary N) is 3. The molecule has 0 rings (SSSR count). The highest BCUT2D eigenvalue weighted by molar-refractivity contribution is 8.00. The van der Waals surface area contributed by atoms with E-state index in [0.717, 1.165) is 7.11 Å². The molecule has 0 radical (unpaired) electrons. The minimum atomic E-state index is -0.993. The molecule has 3 amide bonds. The molecule has 0 aliphatic heterocycles. The normalized spacial score (nSPS) is 14.0. The fraction of sp³-hybridized carbons (Fsp3) is 0.798. The smallest absolute Gasteiger partial charge is 0.408 e. The van der Waals surface area contributed by atoms with E-state index in [4.69, 9.17) is 72.4 Å². The molecule has 0 aromatic rings. The zero-order chi connectivity index (χ0) is 103. The molecule has 0 spiro atoms. The molecule has 0 aromatic carbocycles. The van der Waals surface area contributed by atoms with Crippen molar-refractivity contribution >= 4 is 154 Å². The van der Waals surface area contributed by atoms with Gasteiger partial charge in [0.15, 0.2) is 23.1 Å². The topological polar surface area (TPSA) is 569 Å². The first kappa shape index (κ1) is 131. The van der Waals surface area contributed by atoms with E-state index in [-0.39, 0.29) is 163 Å². The second-order valence-electron chi connectivity index (χ2n) is 33.7. The lowest BCUT2D eigenvalue weighted by Crippen LogP contribution is -2.46. The number of carbonyl (C=O) groups excluding carboxylic acids is 18. The average Bonchev–Trinajstić information content (AvgIpc) is 0.876. The summed E-state index contributed by atoms with van der Waals surface area (Å²) in [6, 6.07) is -3.54. The third-order valence-electron chi connectivity index (χ3n) is 17.4.